The van der Waals surface area contributed by atoms with Crippen LogP contribution >= 0.6 is 11.6 Å². The second-order valence-electron chi connectivity index (χ2n) is 7.28. The van der Waals surface area contributed by atoms with Crippen LogP contribution in [0.25, 0.3) is 27.9 Å². The molecule has 2 heterocycles. The molecule has 0 bridgehead atoms. The minimum absolute atomic E-state index is 0.261. The highest BCUT2D eigenvalue weighted by Gasteiger charge is 2.25. The van der Waals surface area contributed by atoms with Gasteiger partial charge in [-0.25, -0.2) is 9.97 Å². The van der Waals surface area contributed by atoms with Crippen LogP contribution in [0.1, 0.15) is 15.9 Å². The number of nitrogens with zero attached hydrogens (tertiary/aromatic N) is 3. The lowest BCUT2D eigenvalue weighted by Gasteiger charge is -2.08. The standard InChI is InChI=1S/C24H18ClN5O/c1-14-6-10-16(11-7-14)27-24(31)20-21-23(29-19-5-3-2-4-18(19)28-21)30(22(20)26)17-12-8-15(25)9-13-17/h2-13H,26H2,1H3,(H,27,31). The van der Waals surface area contributed by atoms with Crippen molar-refractivity contribution in [1.82, 2.24) is 14.5 Å². The van der Waals surface area contributed by atoms with Crippen LogP contribution in [-0.4, -0.2) is 20.4 Å². The first-order valence-corrected chi connectivity index (χ1v) is 10.1. The quantitative estimate of drug-likeness (QED) is 0.405. The lowest BCUT2D eigenvalue weighted by molar-refractivity contribution is 0.102. The van der Waals surface area contributed by atoms with Gasteiger partial charge in [-0.2, -0.15) is 0 Å². The van der Waals surface area contributed by atoms with Crippen LogP contribution in [0.4, 0.5) is 11.5 Å². The third-order valence-electron chi connectivity index (χ3n) is 5.12. The number of carbonyl (C=O) groups is 1. The number of nitrogens with one attached hydrogen (secondary N) is 1. The number of hydrogen-bond donors (Lipinski definition) is 2. The molecule has 0 saturated carbocycles. The van der Waals surface area contributed by atoms with E-state index in [2.05, 4.69) is 5.32 Å². The summed E-state index contributed by atoms with van der Waals surface area (Å²) in [6, 6.07) is 22.3. The minimum Gasteiger partial charge on any atom is -0.384 e. The molecule has 5 rings (SSSR count). The molecule has 0 aliphatic heterocycles. The summed E-state index contributed by atoms with van der Waals surface area (Å²) in [7, 11) is 0. The number of aryl methyl sites for hydroxylation is 1. The molecule has 7 heteroatoms. The first kappa shape index (κ1) is 19.1. The lowest BCUT2D eigenvalue weighted by Crippen LogP contribution is -2.14. The number of halogens is 1. The molecule has 0 aliphatic carbocycles. The minimum atomic E-state index is -0.344. The van der Waals surface area contributed by atoms with Crippen molar-refractivity contribution in [1.29, 1.82) is 0 Å². The third kappa shape index (κ3) is 3.37. The van der Waals surface area contributed by atoms with Crippen LogP contribution in [0, 0.1) is 6.92 Å². The molecule has 0 radical (unpaired) electrons. The summed E-state index contributed by atoms with van der Waals surface area (Å²) in [5.74, 6) is -0.0825. The van der Waals surface area contributed by atoms with Crippen molar-refractivity contribution >= 4 is 51.2 Å². The number of hydrogen-bond acceptors (Lipinski definition) is 4. The number of benzene rings is 3. The van der Waals surface area contributed by atoms with Gasteiger partial charge in [0, 0.05) is 16.4 Å². The summed E-state index contributed by atoms with van der Waals surface area (Å²) in [5, 5.41) is 3.52. The molecule has 3 aromatic carbocycles. The molecule has 152 valence electrons. The maximum atomic E-state index is 13.3. The second-order valence-corrected chi connectivity index (χ2v) is 7.71. The molecular weight excluding hydrogens is 410 g/mol. The van der Waals surface area contributed by atoms with E-state index in [1.54, 1.807) is 16.7 Å². The van der Waals surface area contributed by atoms with E-state index < -0.39 is 0 Å². The van der Waals surface area contributed by atoms with Gasteiger partial charge in [0.1, 0.15) is 16.9 Å². The maximum absolute atomic E-state index is 13.3. The molecule has 0 fully saturated rings. The molecule has 0 unspecified atom stereocenters. The first-order valence-electron chi connectivity index (χ1n) is 9.72. The van der Waals surface area contributed by atoms with Gasteiger partial charge in [-0.3, -0.25) is 9.36 Å². The second kappa shape index (κ2) is 7.41. The van der Waals surface area contributed by atoms with Crippen molar-refractivity contribution in [2.45, 2.75) is 6.92 Å². The van der Waals surface area contributed by atoms with E-state index in [9.17, 15) is 4.79 Å². The van der Waals surface area contributed by atoms with E-state index in [-0.39, 0.29) is 17.3 Å². The fourth-order valence-electron chi connectivity index (χ4n) is 3.57. The van der Waals surface area contributed by atoms with Crippen molar-refractivity contribution in [2.75, 3.05) is 11.1 Å². The Hall–Kier alpha value is -3.90. The van der Waals surface area contributed by atoms with Gasteiger partial charge in [0.15, 0.2) is 5.65 Å². The largest absolute Gasteiger partial charge is 0.384 e. The van der Waals surface area contributed by atoms with Crippen LogP contribution in [0.3, 0.4) is 0 Å². The van der Waals surface area contributed by atoms with Crippen molar-refractivity contribution in [3.05, 3.63) is 88.9 Å². The number of nitrogen functional groups attached to an aromatic ring is 1. The summed E-state index contributed by atoms with van der Waals surface area (Å²) in [6.45, 7) is 1.99. The maximum Gasteiger partial charge on any atom is 0.261 e. The number of rotatable bonds is 3. The van der Waals surface area contributed by atoms with E-state index in [1.165, 1.54) is 0 Å². The van der Waals surface area contributed by atoms with Gasteiger partial charge >= 0.3 is 0 Å². The van der Waals surface area contributed by atoms with E-state index in [0.29, 0.717) is 32.9 Å². The number of para-hydroxylation sites is 2. The number of fused-ring (bicyclic) bond motifs is 2. The Labute approximate surface area is 183 Å². The summed E-state index contributed by atoms with van der Waals surface area (Å²) in [5.41, 5.74) is 11.7. The molecule has 0 spiro atoms. The summed E-state index contributed by atoms with van der Waals surface area (Å²) >= 11 is 6.06. The monoisotopic (exact) mass is 427 g/mol. The van der Waals surface area contributed by atoms with Crippen molar-refractivity contribution < 1.29 is 4.79 Å². The summed E-state index contributed by atoms with van der Waals surface area (Å²) in [4.78, 5) is 22.8. The van der Waals surface area contributed by atoms with Gasteiger partial charge in [-0.05, 0) is 55.5 Å². The molecule has 2 aromatic heterocycles. The predicted octanol–water partition coefficient (Wildman–Crippen LogP) is 5.37. The molecule has 31 heavy (non-hydrogen) atoms. The van der Waals surface area contributed by atoms with E-state index >= 15 is 0 Å². The highest BCUT2D eigenvalue weighted by atomic mass is 35.5. The highest BCUT2D eigenvalue weighted by molar-refractivity contribution is 6.30. The van der Waals surface area contributed by atoms with Gasteiger partial charge in [-0.1, -0.05) is 41.4 Å². The Bertz CT molecular complexity index is 1440. The number of anilines is 2. The van der Waals surface area contributed by atoms with Crippen molar-refractivity contribution in [3.8, 4) is 5.69 Å². The van der Waals surface area contributed by atoms with Crippen LogP contribution in [0.5, 0.6) is 0 Å². The van der Waals surface area contributed by atoms with Crippen LogP contribution in [0.15, 0.2) is 72.8 Å². The topological polar surface area (TPSA) is 85.8 Å². The average molecular weight is 428 g/mol. The normalized spacial score (nSPS) is 11.2. The lowest BCUT2D eigenvalue weighted by atomic mass is 10.2. The van der Waals surface area contributed by atoms with Crippen molar-refractivity contribution in [3.63, 3.8) is 0 Å². The summed E-state index contributed by atoms with van der Waals surface area (Å²) < 4.78 is 1.73. The number of aromatic nitrogens is 3. The molecule has 0 aliphatic rings. The molecule has 0 saturated heterocycles. The Kier molecular flexibility index (Phi) is 4.56. The summed E-state index contributed by atoms with van der Waals surface area (Å²) in [6.07, 6.45) is 0. The Morgan fingerprint density at radius 2 is 1.58 bits per heavy atom. The van der Waals surface area contributed by atoms with Gasteiger partial charge in [0.2, 0.25) is 0 Å². The van der Waals surface area contributed by atoms with Gasteiger partial charge in [0.05, 0.1) is 11.0 Å². The Morgan fingerprint density at radius 3 is 2.26 bits per heavy atom. The van der Waals surface area contributed by atoms with Gasteiger partial charge < -0.3 is 11.1 Å². The smallest absolute Gasteiger partial charge is 0.261 e. The Morgan fingerprint density at radius 1 is 0.935 bits per heavy atom. The predicted molar refractivity (Wildman–Crippen MR) is 125 cm³/mol. The molecule has 0 atom stereocenters. The Balaban J connectivity index is 1.74. The molecule has 5 aromatic rings. The molecule has 1 amide bonds. The molecule has 3 N–H and O–H groups in total. The SMILES string of the molecule is Cc1ccc(NC(=O)c2c(N)n(-c3ccc(Cl)cc3)c3nc4ccccc4nc23)cc1. The molecular formula is C24H18ClN5O. The van der Waals surface area contributed by atoms with Crippen LogP contribution in [-0.2, 0) is 0 Å². The average Bonchev–Trinajstić information content (AvgIpc) is 3.05. The zero-order valence-electron chi connectivity index (χ0n) is 16.6. The van der Waals surface area contributed by atoms with Crippen molar-refractivity contribution in [2.24, 2.45) is 0 Å². The van der Waals surface area contributed by atoms with Gasteiger partial charge in [0.25, 0.3) is 5.91 Å². The fourth-order valence-corrected chi connectivity index (χ4v) is 3.69. The number of amides is 1. The third-order valence-corrected chi connectivity index (χ3v) is 5.37. The fraction of sp³-hybridized carbons (Fsp3) is 0.0417. The van der Waals surface area contributed by atoms with Crippen LogP contribution in [0.2, 0.25) is 5.02 Å². The van der Waals surface area contributed by atoms with E-state index in [4.69, 9.17) is 27.3 Å². The first-order chi connectivity index (χ1) is 15.0. The van der Waals surface area contributed by atoms with E-state index in [1.807, 2.05) is 67.6 Å². The van der Waals surface area contributed by atoms with Crippen LogP contribution < -0.4 is 11.1 Å². The van der Waals surface area contributed by atoms with Gasteiger partial charge in [-0.15, -0.1) is 0 Å². The molecule has 6 nitrogen and oxygen atoms in total. The van der Waals surface area contributed by atoms with E-state index in [0.717, 1.165) is 11.3 Å². The zero-order chi connectivity index (χ0) is 21.5. The zero-order valence-corrected chi connectivity index (χ0v) is 17.4. The number of carbonyl (C=O) groups excluding carboxylic acids is 1. The number of nitrogens with two attached hydrogens (primary N) is 1. The highest BCUT2D eigenvalue weighted by Crippen LogP contribution is 2.32.